The lowest BCUT2D eigenvalue weighted by Crippen LogP contribution is -2.24. The summed E-state index contributed by atoms with van der Waals surface area (Å²) in [6.45, 7) is 3.58. The number of rotatable bonds is 3. The Bertz CT molecular complexity index is 630. The number of allylic oxidation sites excluding steroid dienone is 2. The molecule has 0 amide bonds. The molecule has 0 saturated carbocycles. The Labute approximate surface area is 142 Å². The lowest BCUT2D eigenvalue weighted by atomic mass is 9.78. The Morgan fingerprint density at radius 3 is 2.65 bits per heavy atom. The number of carbonyl (C=O) groups excluding carboxylic acids is 1. The number of carbonyl (C=O) groups is 1. The van der Waals surface area contributed by atoms with Crippen molar-refractivity contribution in [2.45, 2.75) is 39.0 Å². The molecule has 1 fully saturated rings. The lowest BCUT2D eigenvalue weighted by molar-refractivity contribution is -0.115. The van der Waals surface area contributed by atoms with E-state index in [0.29, 0.717) is 29.4 Å². The van der Waals surface area contributed by atoms with Crippen LogP contribution in [0.5, 0.6) is 0 Å². The van der Waals surface area contributed by atoms with Gasteiger partial charge >= 0.3 is 0 Å². The second-order valence-electron chi connectivity index (χ2n) is 6.77. The predicted molar refractivity (Wildman–Crippen MR) is 91.6 cm³/mol. The highest BCUT2D eigenvalue weighted by Crippen LogP contribution is 2.37. The molecule has 1 heterocycles. The van der Waals surface area contributed by atoms with Crippen molar-refractivity contribution in [1.82, 2.24) is 0 Å². The zero-order chi connectivity index (χ0) is 16.4. The average molecular weight is 335 g/mol. The summed E-state index contributed by atoms with van der Waals surface area (Å²) in [4.78, 5) is 12.6. The maximum Gasteiger partial charge on any atom is 0.167 e. The summed E-state index contributed by atoms with van der Waals surface area (Å²) in [5, 5.41) is 11.1. The molecule has 4 heteroatoms. The number of hydrogen-bond donors (Lipinski definition) is 1. The van der Waals surface area contributed by atoms with Gasteiger partial charge in [0.15, 0.2) is 5.78 Å². The number of aliphatic hydroxyl groups is 1. The van der Waals surface area contributed by atoms with Crippen molar-refractivity contribution in [2.24, 2.45) is 11.8 Å². The van der Waals surface area contributed by atoms with E-state index in [1.54, 1.807) is 12.1 Å². The molecule has 3 rings (SSSR count). The van der Waals surface area contributed by atoms with Gasteiger partial charge in [0.2, 0.25) is 0 Å². The molecule has 2 aliphatic rings. The maximum atomic E-state index is 12.6. The average Bonchev–Trinajstić information content (AvgIpc) is 2.51. The molecule has 1 aromatic rings. The van der Waals surface area contributed by atoms with E-state index in [2.05, 4.69) is 0 Å². The molecule has 1 aliphatic carbocycles. The molecule has 1 aromatic carbocycles. The highest BCUT2D eigenvalue weighted by molar-refractivity contribution is 6.31. The quantitative estimate of drug-likeness (QED) is 0.870. The number of ether oxygens (including phenoxy) is 1. The first-order chi connectivity index (χ1) is 11.0. The fourth-order valence-electron chi connectivity index (χ4n) is 3.76. The van der Waals surface area contributed by atoms with E-state index in [-0.39, 0.29) is 17.5 Å². The molecule has 3 nitrogen and oxygen atoms in total. The molecule has 1 saturated heterocycles. The van der Waals surface area contributed by atoms with E-state index in [0.717, 1.165) is 43.6 Å². The van der Waals surface area contributed by atoms with E-state index in [1.807, 2.05) is 13.0 Å². The second-order valence-corrected chi connectivity index (χ2v) is 7.21. The third-order valence-electron chi connectivity index (χ3n) is 5.00. The third kappa shape index (κ3) is 3.78. The minimum absolute atomic E-state index is 0.0381. The number of Topliss-reactive ketones (excluding diaryl/α,β-unsaturated/α-hetero) is 1. The Balaban J connectivity index is 1.78. The van der Waals surface area contributed by atoms with Crippen molar-refractivity contribution >= 4 is 23.0 Å². The summed E-state index contributed by atoms with van der Waals surface area (Å²) in [5.41, 5.74) is 2.20. The van der Waals surface area contributed by atoms with Crippen LogP contribution < -0.4 is 0 Å². The van der Waals surface area contributed by atoms with Gasteiger partial charge in [-0.15, -0.1) is 0 Å². The first-order valence-electron chi connectivity index (χ1n) is 8.34. The summed E-state index contributed by atoms with van der Waals surface area (Å²) >= 11 is 6.06. The van der Waals surface area contributed by atoms with Gasteiger partial charge in [0.25, 0.3) is 0 Å². The van der Waals surface area contributed by atoms with Crippen molar-refractivity contribution in [3.05, 3.63) is 40.1 Å². The summed E-state index contributed by atoms with van der Waals surface area (Å²) in [6, 6.07) is 5.47. The van der Waals surface area contributed by atoms with E-state index < -0.39 is 0 Å². The van der Waals surface area contributed by atoms with Gasteiger partial charge in [0.05, 0.1) is 5.57 Å². The minimum atomic E-state index is 0.0381. The topological polar surface area (TPSA) is 46.5 Å². The van der Waals surface area contributed by atoms with Gasteiger partial charge in [0, 0.05) is 31.1 Å². The zero-order valence-electron chi connectivity index (χ0n) is 13.5. The van der Waals surface area contributed by atoms with Gasteiger partial charge in [0.1, 0.15) is 5.76 Å². The van der Waals surface area contributed by atoms with Crippen molar-refractivity contribution in [3.8, 4) is 0 Å². The van der Waals surface area contributed by atoms with Crippen LogP contribution in [-0.4, -0.2) is 24.1 Å². The normalized spacial score (nSPS) is 23.4. The van der Waals surface area contributed by atoms with E-state index in [9.17, 15) is 9.90 Å². The van der Waals surface area contributed by atoms with Gasteiger partial charge in [-0.2, -0.15) is 0 Å². The van der Waals surface area contributed by atoms with Crippen LogP contribution in [0.15, 0.2) is 24.0 Å². The number of aliphatic hydroxyl groups excluding tert-OH is 1. The molecular weight excluding hydrogens is 312 g/mol. The van der Waals surface area contributed by atoms with Crippen LogP contribution in [0.2, 0.25) is 5.02 Å². The zero-order valence-corrected chi connectivity index (χ0v) is 14.2. The smallest absolute Gasteiger partial charge is 0.167 e. The van der Waals surface area contributed by atoms with E-state index >= 15 is 0 Å². The SMILES string of the molecule is Cc1ccc(Cl)cc1C1=C(O)CC(CC2CCOCC2)CC1=O. The van der Waals surface area contributed by atoms with Gasteiger partial charge in [-0.25, -0.2) is 0 Å². The van der Waals surface area contributed by atoms with Crippen LogP contribution in [0.25, 0.3) is 5.57 Å². The van der Waals surface area contributed by atoms with Crippen LogP contribution in [-0.2, 0) is 9.53 Å². The van der Waals surface area contributed by atoms with Crippen LogP contribution >= 0.6 is 11.6 Å². The van der Waals surface area contributed by atoms with E-state index in [1.165, 1.54) is 0 Å². The van der Waals surface area contributed by atoms with Gasteiger partial charge in [-0.05, 0) is 61.3 Å². The fourth-order valence-corrected chi connectivity index (χ4v) is 3.93. The largest absolute Gasteiger partial charge is 0.512 e. The second kappa shape index (κ2) is 7.06. The number of halogens is 1. The third-order valence-corrected chi connectivity index (χ3v) is 5.24. The van der Waals surface area contributed by atoms with Crippen LogP contribution in [0.4, 0.5) is 0 Å². The van der Waals surface area contributed by atoms with Crippen LogP contribution in [0, 0.1) is 18.8 Å². The summed E-state index contributed by atoms with van der Waals surface area (Å²) in [5.74, 6) is 1.12. The molecule has 1 unspecified atom stereocenters. The Morgan fingerprint density at radius 1 is 1.22 bits per heavy atom. The summed E-state index contributed by atoms with van der Waals surface area (Å²) < 4.78 is 5.39. The van der Waals surface area contributed by atoms with Crippen molar-refractivity contribution < 1.29 is 14.6 Å². The molecule has 1 aliphatic heterocycles. The highest BCUT2D eigenvalue weighted by atomic mass is 35.5. The van der Waals surface area contributed by atoms with Gasteiger partial charge in [-0.1, -0.05) is 17.7 Å². The Hall–Kier alpha value is -1.32. The minimum Gasteiger partial charge on any atom is -0.512 e. The highest BCUT2D eigenvalue weighted by Gasteiger charge is 2.31. The standard InChI is InChI=1S/C19H23ClO3/c1-12-2-3-15(20)11-16(12)19-17(21)9-14(10-18(19)22)8-13-4-6-23-7-5-13/h2-3,11,13-14,21H,4-10H2,1H3. The van der Waals surface area contributed by atoms with Crippen LogP contribution in [0.1, 0.15) is 43.2 Å². The number of hydrogen-bond acceptors (Lipinski definition) is 3. The van der Waals surface area contributed by atoms with Crippen molar-refractivity contribution in [2.75, 3.05) is 13.2 Å². The Kier molecular flexibility index (Phi) is 5.08. The Morgan fingerprint density at radius 2 is 1.96 bits per heavy atom. The van der Waals surface area contributed by atoms with Gasteiger partial charge in [-0.3, -0.25) is 4.79 Å². The first-order valence-corrected chi connectivity index (χ1v) is 8.72. The molecule has 0 spiro atoms. The van der Waals surface area contributed by atoms with Crippen molar-refractivity contribution in [3.63, 3.8) is 0 Å². The molecule has 0 aromatic heterocycles. The van der Waals surface area contributed by atoms with Gasteiger partial charge < -0.3 is 9.84 Å². The molecule has 0 bridgehead atoms. The summed E-state index contributed by atoms with van der Waals surface area (Å²) in [6.07, 6.45) is 4.24. The molecular formula is C19H23ClO3. The van der Waals surface area contributed by atoms with Crippen LogP contribution in [0.3, 0.4) is 0 Å². The fraction of sp³-hybridized carbons (Fsp3) is 0.526. The maximum absolute atomic E-state index is 12.6. The lowest BCUT2D eigenvalue weighted by Gasteiger charge is -2.29. The number of aryl methyl sites for hydroxylation is 1. The predicted octanol–water partition coefficient (Wildman–Crippen LogP) is 4.71. The number of benzene rings is 1. The summed E-state index contributed by atoms with van der Waals surface area (Å²) in [7, 11) is 0. The molecule has 0 radical (unpaired) electrons. The van der Waals surface area contributed by atoms with Crippen molar-refractivity contribution in [1.29, 1.82) is 0 Å². The monoisotopic (exact) mass is 334 g/mol. The first kappa shape index (κ1) is 16.5. The van der Waals surface area contributed by atoms with E-state index in [4.69, 9.17) is 16.3 Å². The number of ketones is 1. The molecule has 1 atom stereocenters. The molecule has 1 N–H and O–H groups in total. The molecule has 23 heavy (non-hydrogen) atoms. The molecule has 124 valence electrons.